The number of rotatable bonds is 0. The molecule has 0 amide bonds. The summed E-state index contributed by atoms with van der Waals surface area (Å²) in [6.45, 7) is 16.0. The van der Waals surface area contributed by atoms with Crippen molar-refractivity contribution in [2.24, 2.45) is 0 Å². The molecule has 0 aromatic heterocycles. The first kappa shape index (κ1) is 26.2. The number of hydrogen-bond acceptors (Lipinski definition) is 4. The summed E-state index contributed by atoms with van der Waals surface area (Å²) in [7, 11) is 0. The molecule has 0 saturated carbocycles. The van der Waals surface area contributed by atoms with Gasteiger partial charge in [-0.15, -0.1) is 0 Å². The average Bonchev–Trinajstić information content (AvgIpc) is 3.41. The van der Waals surface area contributed by atoms with Crippen LogP contribution >= 0.6 is 0 Å². The summed E-state index contributed by atoms with van der Waals surface area (Å²) in [5, 5.41) is 0. The van der Waals surface area contributed by atoms with Crippen molar-refractivity contribution in [1.29, 1.82) is 0 Å². The van der Waals surface area contributed by atoms with E-state index in [-0.39, 0.29) is 16.5 Å². The summed E-state index contributed by atoms with van der Waals surface area (Å²) in [5.74, 6) is 0. The number of fused-ring (bicyclic) bond motifs is 10. The molecule has 0 fully saturated rings. The van der Waals surface area contributed by atoms with E-state index >= 15 is 0 Å². The van der Waals surface area contributed by atoms with Crippen LogP contribution in [0.4, 0.5) is 22.7 Å². The molecule has 0 radical (unpaired) electrons. The van der Waals surface area contributed by atoms with Gasteiger partial charge in [-0.2, -0.15) is 0 Å². The molecule has 0 N–H and O–H groups in total. The van der Waals surface area contributed by atoms with E-state index in [1.807, 2.05) is 0 Å². The number of benzene rings is 4. The van der Waals surface area contributed by atoms with Crippen LogP contribution in [0.1, 0.15) is 63.8 Å². The molecular weight excluding hydrogens is 696 g/mol. The zero-order valence-electron chi connectivity index (χ0n) is 25.1. The Labute approximate surface area is 257 Å². The van der Waals surface area contributed by atoms with Crippen molar-refractivity contribution in [2.45, 2.75) is 58.0 Å². The zero-order chi connectivity index (χ0) is 29.0. The van der Waals surface area contributed by atoms with Gasteiger partial charge in [-0.25, -0.2) is 0 Å². The average molecular weight is 732 g/mol. The molecule has 42 heavy (non-hydrogen) atoms. The fourth-order valence-corrected chi connectivity index (χ4v) is 11.4. The van der Waals surface area contributed by atoms with Crippen molar-refractivity contribution < 1.29 is 17.6 Å². The molecule has 0 spiro atoms. The van der Waals surface area contributed by atoms with Crippen LogP contribution in [-0.2, 0) is 34.1 Å². The fourth-order valence-electron chi connectivity index (χ4n) is 7.00. The van der Waals surface area contributed by atoms with Crippen LogP contribution < -0.4 is 19.6 Å². The van der Waals surface area contributed by atoms with Crippen molar-refractivity contribution in [1.82, 2.24) is 0 Å². The molecule has 4 heterocycles. The van der Waals surface area contributed by atoms with Crippen molar-refractivity contribution in [2.75, 3.05) is 32.7 Å². The minimum atomic E-state index is -0.611. The second kappa shape index (κ2) is 8.77. The Kier molecular flexibility index (Phi) is 5.46. The van der Waals surface area contributed by atoms with Gasteiger partial charge in [-0.05, 0) is 0 Å². The second-order valence-corrected chi connectivity index (χ2v) is 15.8. The van der Waals surface area contributed by atoms with Gasteiger partial charge in [0.2, 0.25) is 0 Å². The molecule has 6 bridgehead atoms. The van der Waals surface area contributed by atoms with Crippen LogP contribution in [0.5, 0.6) is 0 Å². The Morgan fingerprint density at radius 2 is 0.881 bits per heavy atom. The predicted molar refractivity (Wildman–Crippen MR) is 171 cm³/mol. The molecule has 0 unspecified atom stereocenters. The van der Waals surface area contributed by atoms with Gasteiger partial charge < -0.3 is 0 Å². The van der Waals surface area contributed by atoms with Crippen LogP contribution in [0.25, 0.3) is 0 Å². The van der Waals surface area contributed by atoms with E-state index in [2.05, 4.69) is 158 Å². The fraction of sp³-hybridized carbons (Fsp3) is 0.297. The molecule has 4 aromatic rings. The summed E-state index contributed by atoms with van der Waals surface area (Å²) in [6.07, 6.45) is 0. The number of anilines is 4. The van der Waals surface area contributed by atoms with E-state index in [0.717, 1.165) is 13.1 Å². The molecule has 0 saturated heterocycles. The van der Waals surface area contributed by atoms with Gasteiger partial charge in [0.1, 0.15) is 0 Å². The molecule has 216 valence electrons. The Balaban J connectivity index is 1.51. The molecule has 4 nitrogen and oxygen atoms in total. The van der Waals surface area contributed by atoms with E-state index < -0.39 is 17.6 Å². The number of para-hydroxylation sites is 4. The van der Waals surface area contributed by atoms with E-state index in [9.17, 15) is 0 Å². The topological polar surface area (TPSA) is 13.0 Å². The standard InChI is InChI=1S/C37H36N4.Pt/c1-35(2)27-13-11-15-29(23-27)36(3,4)40-25-38(31-17-7-9-19-33(31)40)21-22-39-26-41(34-20-10-8-18-32(34)39)37(5,6)30-16-12-14-28(35)24-30;/h7-20H,21-22H2,1-6H3;/q-2;. The first-order valence-corrected chi connectivity index (χ1v) is 17.1. The number of nitrogens with zero attached hydrogens (tertiary/aromatic N) is 4. The minimum absolute atomic E-state index is 0.258. The molecule has 4 aliphatic heterocycles. The van der Waals surface area contributed by atoms with Gasteiger partial charge in [0, 0.05) is 0 Å². The van der Waals surface area contributed by atoms with E-state index in [1.165, 1.54) is 53.3 Å². The number of hydrogen-bond donors (Lipinski definition) is 0. The van der Waals surface area contributed by atoms with E-state index in [4.69, 9.17) is 0 Å². The van der Waals surface area contributed by atoms with Gasteiger partial charge in [0.15, 0.2) is 0 Å². The molecular formula is C37H36N4Pt-2. The first-order valence-electron chi connectivity index (χ1n) is 14.8. The summed E-state index contributed by atoms with van der Waals surface area (Å²) in [4.78, 5) is 10.5. The van der Waals surface area contributed by atoms with Gasteiger partial charge in [-0.3, -0.25) is 0 Å². The predicted octanol–water partition coefficient (Wildman–Crippen LogP) is 7.02. The Morgan fingerprint density at radius 1 is 0.500 bits per heavy atom. The SMILES string of the molecule is CC1(C)c2[c-]c(ccc2)C(C)(C)N2[C]3=[Pt]=[C]4N(CCN3c3ccccc32)c2ccccc2N4C(C)(C)c2[c-]c1ccc2. The van der Waals surface area contributed by atoms with Crippen LogP contribution in [0.3, 0.4) is 0 Å². The quantitative estimate of drug-likeness (QED) is 0.181. The van der Waals surface area contributed by atoms with Gasteiger partial charge in [-0.1, -0.05) is 0 Å². The van der Waals surface area contributed by atoms with Gasteiger partial charge in [0.25, 0.3) is 0 Å². The Hall–Kier alpha value is -3.49. The Morgan fingerprint density at radius 3 is 1.31 bits per heavy atom. The molecule has 0 atom stereocenters. The van der Waals surface area contributed by atoms with E-state index in [0.29, 0.717) is 0 Å². The molecule has 4 aromatic carbocycles. The van der Waals surface area contributed by atoms with Gasteiger partial charge in [0.05, 0.1) is 0 Å². The summed E-state index contributed by atoms with van der Waals surface area (Å²) in [6, 6.07) is 39.4. The summed E-state index contributed by atoms with van der Waals surface area (Å²) < 4.78 is 2.89. The van der Waals surface area contributed by atoms with Crippen LogP contribution in [0, 0.1) is 12.1 Å². The van der Waals surface area contributed by atoms with Crippen molar-refractivity contribution in [3.8, 4) is 0 Å². The zero-order valence-corrected chi connectivity index (χ0v) is 27.4. The normalized spacial score (nSPS) is 20.8. The molecule has 4 aliphatic rings. The molecule has 5 heteroatoms. The summed E-state index contributed by atoms with van der Waals surface area (Å²) >= 11 is -0.611. The Bertz CT molecular complexity index is 1710. The second-order valence-electron chi connectivity index (χ2n) is 13.2. The van der Waals surface area contributed by atoms with Gasteiger partial charge >= 0.3 is 259 Å². The van der Waals surface area contributed by atoms with E-state index in [1.54, 1.807) is 0 Å². The monoisotopic (exact) mass is 731 g/mol. The summed E-state index contributed by atoms with van der Waals surface area (Å²) in [5.41, 5.74) is 9.22. The third-order valence-corrected chi connectivity index (χ3v) is 12.9. The van der Waals surface area contributed by atoms with Crippen molar-refractivity contribution >= 4 is 31.0 Å². The molecule has 8 rings (SSSR count). The van der Waals surface area contributed by atoms with Crippen molar-refractivity contribution in [3.05, 3.63) is 119 Å². The van der Waals surface area contributed by atoms with Crippen LogP contribution in [0.2, 0.25) is 0 Å². The maximum atomic E-state index is 3.95. The third-order valence-electron chi connectivity index (χ3n) is 9.64. The van der Waals surface area contributed by atoms with Crippen molar-refractivity contribution in [3.63, 3.8) is 0 Å². The maximum absolute atomic E-state index is 3.95. The first-order chi connectivity index (χ1) is 20.1. The van der Waals surface area contributed by atoms with Crippen LogP contribution in [0.15, 0.2) is 84.9 Å². The molecule has 0 aliphatic carbocycles. The third kappa shape index (κ3) is 3.45. The van der Waals surface area contributed by atoms with Crippen LogP contribution in [-0.4, -0.2) is 21.4 Å².